The van der Waals surface area contributed by atoms with E-state index in [1.165, 1.54) is 21.3 Å². The second-order valence-corrected chi connectivity index (χ2v) is 5.95. The fourth-order valence-electron chi connectivity index (χ4n) is 2.39. The number of ether oxygens (including phenoxy) is 1. The van der Waals surface area contributed by atoms with E-state index in [0.29, 0.717) is 0 Å². The zero-order valence-electron chi connectivity index (χ0n) is 12.1. The van der Waals surface area contributed by atoms with Crippen molar-refractivity contribution in [3.05, 3.63) is 52.6 Å². The Morgan fingerprint density at radius 3 is 3.10 bits per heavy atom. The van der Waals surface area contributed by atoms with Crippen molar-refractivity contribution < 1.29 is 4.74 Å². The highest BCUT2D eigenvalue weighted by Crippen LogP contribution is 2.20. The van der Waals surface area contributed by atoms with Gasteiger partial charge in [0.15, 0.2) is 0 Å². The third-order valence-corrected chi connectivity index (χ3v) is 4.22. The summed E-state index contributed by atoms with van der Waals surface area (Å²) in [7, 11) is 1.72. The maximum absolute atomic E-state index is 5.03. The molecule has 5 heteroatoms. The number of benzene rings is 1. The molecule has 3 aromatic rings. The minimum Gasteiger partial charge on any atom is -0.383 e. The predicted molar refractivity (Wildman–Crippen MR) is 86.7 cm³/mol. The minimum atomic E-state index is 0.744. The van der Waals surface area contributed by atoms with E-state index in [2.05, 4.69) is 45.3 Å². The van der Waals surface area contributed by atoms with Gasteiger partial charge in [0.05, 0.1) is 18.7 Å². The van der Waals surface area contributed by atoms with E-state index in [-0.39, 0.29) is 0 Å². The lowest BCUT2D eigenvalue weighted by Crippen LogP contribution is -2.18. The van der Waals surface area contributed by atoms with Crippen LogP contribution >= 0.6 is 11.3 Å². The molecule has 0 atom stereocenters. The van der Waals surface area contributed by atoms with Crippen molar-refractivity contribution >= 4 is 22.2 Å². The van der Waals surface area contributed by atoms with Crippen LogP contribution in [0.1, 0.15) is 10.4 Å². The molecular weight excluding hydrogens is 282 g/mol. The molecule has 21 heavy (non-hydrogen) atoms. The number of fused-ring (bicyclic) bond motifs is 1. The molecule has 0 saturated heterocycles. The number of hydrogen-bond donors (Lipinski definition) is 1. The van der Waals surface area contributed by atoms with Crippen LogP contribution in [0.2, 0.25) is 0 Å². The molecule has 0 saturated carbocycles. The molecule has 0 bridgehead atoms. The fraction of sp³-hybridized carbons (Fsp3) is 0.312. The van der Waals surface area contributed by atoms with Crippen LogP contribution in [0, 0.1) is 0 Å². The lowest BCUT2D eigenvalue weighted by molar-refractivity contribution is 0.199. The highest BCUT2D eigenvalue weighted by Gasteiger charge is 2.04. The summed E-state index contributed by atoms with van der Waals surface area (Å²) < 4.78 is 7.30. The van der Waals surface area contributed by atoms with Crippen molar-refractivity contribution in [3.63, 3.8) is 0 Å². The zero-order valence-corrected chi connectivity index (χ0v) is 12.9. The number of thiazole rings is 1. The largest absolute Gasteiger partial charge is 0.383 e. The van der Waals surface area contributed by atoms with Crippen LogP contribution in [0.3, 0.4) is 0 Å². The van der Waals surface area contributed by atoms with E-state index >= 15 is 0 Å². The van der Waals surface area contributed by atoms with E-state index in [0.717, 1.165) is 26.2 Å². The molecule has 110 valence electrons. The molecule has 0 amide bonds. The van der Waals surface area contributed by atoms with Gasteiger partial charge in [-0.3, -0.25) is 4.98 Å². The van der Waals surface area contributed by atoms with Gasteiger partial charge < -0.3 is 14.6 Å². The number of nitrogens with zero attached hydrogens (tertiary/aromatic N) is 2. The first-order valence-electron chi connectivity index (χ1n) is 7.01. The molecule has 2 aromatic heterocycles. The zero-order chi connectivity index (χ0) is 14.5. The van der Waals surface area contributed by atoms with E-state index in [1.807, 2.05) is 11.7 Å². The Morgan fingerprint density at radius 2 is 2.29 bits per heavy atom. The number of aromatic nitrogens is 2. The summed E-state index contributed by atoms with van der Waals surface area (Å²) in [4.78, 5) is 5.41. The molecule has 1 N–H and O–H groups in total. The van der Waals surface area contributed by atoms with Crippen LogP contribution in [-0.2, 0) is 17.8 Å². The minimum absolute atomic E-state index is 0.744. The predicted octanol–water partition coefficient (Wildman–Crippen LogP) is 2.88. The summed E-state index contributed by atoms with van der Waals surface area (Å²) in [5.41, 5.74) is 4.45. The van der Waals surface area contributed by atoms with Gasteiger partial charge in [-0.05, 0) is 29.1 Å². The Labute approximate surface area is 128 Å². The molecule has 2 heterocycles. The van der Waals surface area contributed by atoms with Gasteiger partial charge in [0.25, 0.3) is 0 Å². The van der Waals surface area contributed by atoms with Gasteiger partial charge in [-0.1, -0.05) is 6.07 Å². The molecule has 0 aliphatic rings. The molecule has 0 aliphatic heterocycles. The summed E-state index contributed by atoms with van der Waals surface area (Å²) >= 11 is 1.69. The maximum Gasteiger partial charge on any atom is 0.0794 e. The molecule has 0 unspecified atom stereocenters. The van der Waals surface area contributed by atoms with Gasteiger partial charge in [-0.25, -0.2) is 0 Å². The Morgan fingerprint density at radius 1 is 1.33 bits per heavy atom. The molecule has 4 nitrogen and oxygen atoms in total. The Bertz CT molecular complexity index is 691. The lowest BCUT2D eigenvalue weighted by Gasteiger charge is -2.06. The summed E-state index contributed by atoms with van der Waals surface area (Å²) in [6, 6.07) is 8.81. The highest BCUT2D eigenvalue weighted by molar-refractivity contribution is 7.09. The van der Waals surface area contributed by atoms with Gasteiger partial charge in [0.1, 0.15) is 0 Å². The lowest BCUT2D eigenvalue weighted by atomic mass is 10.1. The van der Waals surface area contributed by atoms with Gasteiger partial charge in [-0.15, -0.1) is 11.3 Å². The monoisotopic (exact) mass is 301 g/mol. The molecular formula is C16H19N3OS. The van der Waals surface area contributed by atoms with Crippen molar-refractivity contribution in [2.45, 2.75) is 13.1 Å². The number of nitrogens with one attached hydrogen (secondary N) is 1. The third kappa shape index (κ3) is 3.50. The second-order valence-electron chi connectivity index (χ2n) is 4.97. The summed E-state index contributed by atoms with van der Waals surface area (Å²) in [6.07, 6.45) is 4.08. The van der Waals surface area contributed by atoms with Crippen molar-refractivity contribution in [3.8, 4) is 0 Å². The van der Waals surface area contributed by atoms with E-state index < -0.39 is 0 Å². The number of methoxy groups -OCH3 is 1. The quantitative estimate of drug-likeness (QED) is 0.682. The van der Waals surface area contributed by atoms with Crippen LogP contribution in [0.25, 0.3) is 10.9 Å². The van der Waals surface area contributed by atoms with Gasteiger partial charge in [0.2, 0.25) is 0 Å². The van der Waals surface area contributed by atoms with Crippen molar-refractivity contribution in [2.24, 2.45) is 0 Å². The molecule has 0 aliphatic carbocycles. The highest BCUT2D eigenvalue weighted by atomic mass is 32.1. The summed E-state index contributed by atoms with van der Waals surface area (Å²) in [6.45, 7) is 3.38. The van der Waals surface area contributed by atoms with Gasteiger partial charge >= 0.3 is 0 Å². The average Bonchev–Trinajstić information content (AvgIpc) is 3.14. The summed E-state index contributed by atoms with van der Waals surface area (Å²) in [5, 5.41) is 4.65. The maximum atomic E-state index is 5.03. The van der Waals surface area contributed by atoms with Crippen molar-refractivity contribution in [1.29, 1.82) is 0 Å². The first-order chi connectivity index (χ1) is 10.4. The number of rotatable bonds is 7. The summed E-state index contributed by atoms with van der Waals surface area (Å²) in [5.74, 6) is 0. The topological polar surface area (TPSA) is 39.1 Å². The van der Waals surface area contributed by atoms with Crippen LogP contribution in [0.15, 0.2) is 42.2 Å². The second kappa shape index (κ2) is 6.85. The normalized spacial score (nSPS) is 11.3. The van der Waals surface area contributed by atoms with Crippen LogP contribution in [0.5, 0.6) is 0 Å². The Hall–Kier alpha value is -1.69. The van der Waals surface area contributed by atoms with Gasteiger partial charge in [0, 0.05) is 43.0 Å². The first-order valence-corrected chi connectivity index (χ1v) is 7.89. The molecule has 0 spiro atoms. The molecule has 3 rings (SSSR count). The SMILES string of the molecule is COCCNCc1ccc2c(ccn2Cc2cncs2)c1. The van der Waals surface area contributed by atoms with Gasteiger partial charge in [-0.2, -0.15) is 0 Å². The smallest absolute Gasteiger partial charge is 0.0794 e. The Balaban J connectivity index is 1.71. The third-order valence-electron chi connectivity index (χ3n) is 3.46. The fourth-order valence-corrected chi connectivity index (χ4v) is 2.98. The van der Waals surface area contributed by atoms with Crippen LogP contribution in [-0.4, -0.2) is 29.8 Å². The standard InChI is InChI=1S/C16H19N3OS/c1-20-7-5-17-9-13-2-3-16-14(8-13)4-6-19(16)11-15-10-18-12-21-15/h2-4,6,8,10,12,17H,5,7,9,11H2,1H3. The number of hydrogen-bond acceptors (Lipinski definition) is 4. The van der Waals surface area contributed by atoms with Crippen molar-refractivity contribution in [1.82, 2.24) is 14.9 Å². The van der Waals surface area contributed by atoms with E-state index in [1.54, 1.807) is 18.4 Å². The van der Waals surface area contributed by atoms with Crippen LogP contribution < -0.4 is 5.32 Å². The van der Waals surface area contributed by atoms with E-state index in [9.17, 15) is 0 Å². The Kier molecular flexibility index (Phi) is 4.65. The average molecular weight is 301 g/mol. The van der Waals surface area contributed by atoms with E-state index in [4.69, 9.17) is 4.74 Å². The van der Waals surface area contributed by atoms with Crippen LogP contribution in [0.4, 0.5) is 0 Å². The molecule has 0 radical (unpaired) electrons. The molecule has 1 aromatic carbocycles. The first kappa shape index (κ1) is 14.3. The van der Waals surface area contributed by atoms with Crippen molar-refractivity contribution in [2.75, 3.05) is 20.3 Å². The molecule has 0 fully saturated rings.